The SMILES string of the molecule is Nc1cc(Br)c(S(=O)(=O)NCCC2CC2)c(Br)c1. The van der Waals surface area contributed by atoms with Gasteiger partial charge in [0.25, 0.3) is 0 Å². The summed E-state index contributed by atoms with van der Waals surface area (Å²) >= 11 is 6.48. The monoisotopic (exact) mass is 396 g/mol. The van der Waals surface area contributed by atoms with Gasteiger partial charge in [0.2, 0.25) is 10.0 Å². The minimum Gasteiger partial charge on any atom is -0.399 e. The largest absolute Gasteiger partial charge is 0.399 e. The maximum Gasteiger partial charge on any atom is 0.242 e. The average molecular weight is 398 g/mol. The zero-order valence-corrected chi connectivity index (χ0v) is 13.6. The lowest BCUT2D eigenvalue weighted by atomic mass is 10.3. The van der Waals surface area contributed by atoms with Crippen LogP contribution in [0.15, 0.2) is 26.0 Å². The summed E-state index contributed by atoms with van der Waals surface area (Å²) in [4.78, 5) is 0.201. The summed E-state index contributed by atoms with van der Waals surface area (Å²) in [7, 11) is -3.51. The lowest BCUT2D eigenvalue weighted by Gasteiger charge is -2.11. The van der Waals surface area contributed by atoms with Crippen molar-refractivity contribution in [1.82, 2.24) is 4.72 Å². The first kappa shape index (κ1) is 14.3. The predicted molar refractivity (Wildman–Crippen MR) is 78.8 cm³/mol. The van der Waals surface area contributed by atoms with Crippen molar-refractivity contribution in [3.8, 4) is 0 Å². The first-order chi connectivity index (χ1) is 8.40. The molecule has 0 heterocycles. The summed E-state index contributed by atoms with van der Waals surface area (Å²) in [6.07, 6.45) is 3.34. The molecule has 0 aromatic heterocycles. The van der Waals surface area contributed by atoms with Crippen molar-refractivity contribution in [3.05, 3.63) is 21.1 Å². The molecule has 4 nitrogen and oxygen atoms in total. The van der Waals surface area contributed by atoms with Crippen molar-refractivity contribution >= 4 is 47.6 Å². The number of hydrogen-bond acceptors (Lipinski definition) is 3. The molecule has 18 heavy (non-hydrogen) atoms. The normalized spacial score (nSPS) is 15.9. The number of nitrogen functional groups attached to an aromatic ring is 1. The van der Waals surface area contributed by atoms with Crippen LogP contribution in [0, 0.1) is 5.92 Å². The van der Waals surface area contributed by atoms with Crippen LogP contribution in [-0.2, 0) is 10.0 Å². The van der Waals surface area contributed by atoms with Gasteiger partial charge in [-0.15, -0.1) is 0 Å². The number of nitrogens with two attached hydrogens (primary N) is 1. The van der Waals surface area contributed by atoms with Crippen LogP contribution in [0.5, 0.6) is 0 Å². The Hall–Kier alpha value is -0.110. The first-order valence-corrected chi connectivity index (χ1v) is 8.71. The molecule has 1 aliphatic carbocycles. The van der Waals surface area contributed by atoms with Gasteiger partial charge in [0.1, 0.15) is 4.90 Å². The van der Waals surface area contributed by atoms with Gasteiger partial charge in [0.15, 0.2) is 0 Å². The Kier molecular flexibility index (Phi) is 4.36. The molecule has 1 fully saturated rings. The molecule has 2 rings (SSSR count). The van der Waals surface area contributed by atoms with Crippen molar-refractivity contribution in [2.24, 2.45) is 5.92 Å². The lowest BCUT2D eigenvalue weighted by molar-refractivity contribution is 0.574. The van der Waals surface area contributed by atoms with Crippen molar-refractivity contribution in [1.29, 1.82) is 0 Å². The zero-order chi connectivity index (χ0) is 13.3. The summed E-state index contributed by atoms with van der Waals surface area (Å²) in [5, 5.41) is 0. The van der Waals surface area contributed by atoms with Crippen LogP contribution in [0.4, 0.5) is 5.69 Å². The summed E-state index contributed by atoms with van der Waals surface area (Å²) < 4.78 is 27.9. The molecule has 0 amide bonds. The molecule has 0 spiro atoms. The topological polar surface area (TPSA) is 72.2 Å². The second-order valence-corrected chi connectivity index (χ2v) is 7.86. The minimum atomic E-state index is -3.51. The van der Waals surface area contributed by atoms with Gasteiger partial charge in [-0.1, -0.05) is 12.8 Å². The highest BCUT2D eigenvalue weighted by Gasteiger charge is 2.24. The molecule has 1 aromatic carbocycles. The van der Waals surface area contributed by atoms with E-state index in [2.05, 4.69) is 36.6 Å². The Labute approximate surface area is 124 Å². The maximum atomic E-state index is 12.2. The molecular weight excluding hydrogens is 384 g/mol. The van der Waals surface area contributed by atoms with Crippen molar-refractivity contribution < 1.29 is 8.42 Å². The van der Waals surface area contributed by atoms with E-state index in [1.54, 1.807) is 12.1 Å². The third-order valence-electron chi connectivity index (χ3n) is 2.83. The Bertz CT molecular complexity index is 533. The van der Waals surface area contributed by atoms with Crippen LogP contribution in [0.25, 0.3) is 0 Å². The number of anilines is 1. The van der Waals surface area contributed by atoms with E-state index in [9.17, 15) is 8.42 Å². The molecule has 0 bridgehead atoms. The van der Waals surface area contributed by atoms with Crippen LogP contribution in [0.3, 0.4) is 0 Å². The molecular formula is C11H14Br2N2O2S. The molecule has 1 aromatic rings. The van der Waals surface area contributed by atoms with E-state index in [4.69, 9.17) is 5.73 Å². The lowest BCUT2D eigenvalue weighted by Crippen LogP contribution is -2.25. The van der Waals surface area contributed by atoms with E-state index < -0.39 is 10.0 Å². The summed E-state index contributed by atoms with van der Waals surface area (Å²) in [5.74, 6) is 0.700. The first-order valence-electron chi connectivity index (χ1n) is 5.64. The van der Waals surface area contributed by atoms with Gasteiger partial charge in [0.05, 0.1) is 0 Å². The number of hydrogen-bond donors (Lipinski definition) is 2. The standard InChI is InChI=1S/C11H14Br2N2O2S/c12-9-5-8(14)6-10(13)11(9)18(16,17)15-4-3-7-1-2-7/h5-7,15H,1-4,14H2. The van der Waals surface area contributed by atoms with Gasteiger partial charge in [-0.25, -0.2) is 13.1 Å². The highest BCUT2D eigenvalue weighted by Crippen LogP contribution is 2.33. The van der Waals surface area contributed by atoms with E-state index in [-0.39, 0.29) is 4.90 Å². The molecule has 0 aliphatic heterocycles. The van der Waals surface area contributed by atoms with Crippen molar-refractivity contribution in [3.63, 3.8) is 0 Å². The third-order valence-corrected chi connectivity index (χ3v) is 6.17. The fraction of sp³-hybridized carbons (Fsp3) is 0.455. The number of nitrogens with one attached hydrogen (secondary N) is 1. The van der Waals surface area contributed by atoms with E-state index in [0.29, 0.717) is 27.1 Å². The fourth-order valence-electron chi connectivity index (χ4n) is 1.71. The van der Waals surface area contributed by atoms with Crippen LogP contribution in [0.1, 0.15) is 19.3 Å². The Morgan fingerprint density at radius 2 is 1.83 bits per heavy atom. The predicted octanol–water partition coefficient (Wildman–Crippen LogP) is 2.87. The van der Waals surface area contributed by atoms with Gasteiger partial charge in [-0.2, -0.15) is 0 Å². The van der Waals surface area contributed by atoms with Gasteiger partial charge in [0, 0.05) is 21.2 Å². The maximum absolute atomic E-state index is 12.2. The van der Waals surface area contributed by atoms with Crippen LogP contribution in [0.2, 0.25) is 0 Å². The summed E-state index contributed by atoms with van der Waals surface area (Å²) in [6.45, 7) is 0.482. The quantitative estimate of drug-likeness (QED) is 0.750. The van der Waals surface area contributed by atoms with Gasteiger partial charge < -0.3 is 5.73 Å². The number of sulfonamides is 1. The number of halogens is 2. The highest BCUT2D eigenvalue weighted by molar-refractivity contribution is 9.11. The second-order valence-electron chi connectivity index (χ2n) is 4.44. The minimum absolute atomic E-state index is 0.201. The molecule has 0 radical (unpaired) electrons. The molecule has 0 saturated heterocycles. The summed E-state index contributed by atoms with van der Waals surface area (Å²) in [6, 6.07) is 3.17. The number of rotatable bonds is 5. The number of benzene rings is 1. The van der Waals surface area contributed by atoms with Gasteiger partial charge in [-0.05, 0) is 56.3 Å². The molecule has 1 saturated carbocycles. The smallest absolute Gasteiger partial charge is 0.242 e. The van der Waals surface area contributed by atoms with Gasteiger partial charge >= 0.3 is 0 Å². The highest BCUT2D eigenvalue weighted by atomic mass is 79.9. The molecule has 3 N–H and O–H groups in total. The van der Waals surface area contributed by atoms with E-state index in [1.165, 1.54) is 12.8 Å². The average Bonchev–Trinajstić information content (AvgIpc) is 2.98. The van der Waals surface area contributed by atoms with Crippen LogP contribution < -0.4 is 10.5 Å². The van der Waals surface area contributed by atoms with E-state index in [1.807, 2.05) is 0 Å². The summed E-state index contributed by atoms with van der Waals surface area (Å²) in [5.41, 5.74) is 6.15. The molecule has 0 unspecified atom stereocenters. The Morgan fingerprint density at radius 3 is 2.33 bits per heavy atom. The Balaban J connectivity index is 2.17. The van der Waals surface area contributed by atoms with Crippen molar-refractivity contribution in [2.75, 3.05) is 12.3 Å². The van der Waals surface area contributed by atoms with Crippen LogP contribution in [-0.4, -0.2) is 15.0 Å². The zero-order valence-electron chi connectivity index (χ0n) is 9.62. The molecule has 100 valence electrons. The third kappa shape index (κ3) is 3.46. The fourth-order valence-corrected chi connectivity index (χ4v) is 5.38. The van der Waals surface area contributed by atoms with Gasteiger partial charge in [-0.3, -0.25) is 0 Å². The van der Waals surface area contributed by atoms with Crippen molar-refractivity contribution in [2.45, 2.75) is 24.2 Å². The van der Waals surface area contributed by atoms with E-state index in [0.717, 1.165) is 6.42 Å². The molecule has 1 aliphatic rings. The molecule has 7 heteroatoms. The molecule has 0 atom stereocenters. The van der Waals surface area contributed by atoms with Crippen LogP contribution >= 0.6 is 31.9 Å². The second kappa shape index (κ2) is 5.48. The Morgan fingerprint density at radius 1 is 1.28 bits per heavy atom. The van der Waals surface area contributed by atoms with E-state index >= 15 is 0 Å².